The number of para-hydroxylation sites is 1. The summed E-state index contributed by atoms with van der Waals surface area (Å²) in [6, 6.07) is 13.2. The third kappa shape index (κ3) is 8.89. The fraction of sp³-hybridized carbons (Fsp3) is 0.516. The van der Waals surface area contributed by atoms with Crippen molar-refractivity contribution >= 4 is 23.6 Å². The molecule has 0 saturated carbocycles. The van der Waals surface area contributed by atoms with Crippen molar-refractivity contribution in [1.82, 2.24) is 10.2 Å². The fourth-order valence-corrected chi connectivity index (χ4v) is 4.29. The standard InChI is InChI=1S/C31H45N3O4/c1-10-23-15-17-24(18-16-23)27(28(35)32-25-14-12-11-13-22(25)6)34(21(4)5)29(36)26(19-20(2)3)33-30(37)38-31(7,8)9/h11-18,20-21,26-27H,10,19H2,1-9H3,(H,32,35)(H,33,37). The molecular formula is C31H45N3O4. The number of amides is 3. The first-order chi connectivity index (χ1) is 17.7. The number of rotatable bonds is 10. The van der Waals surface area contributed by atoms with Crippen LogP contribution < -0.4 is 10.6 Å². The summed E-state index contributed by atoms with van der Waals surface area (Å²) >= 11 is 0. The third-order valence-electron chi connectivity index (χ3n) is 6.14. The van der Waals surface area contributed by atoms with Gasteiger partial charge in [-0.3, -0.25) is 9.59 Å². The van der Waals surface area contributed by atoms with Crippen LogP contribution in [0.3, 0.4) is 0 Å². The van der Waals surface area contributed by atoms with Crippen LogP contribution in [0.5, 0.6) is 0 Å². The maximum Gasteiger partial charge on any atom is 0.408 e. The quantitative estimate of drug-likeness (QED) is 0.376. The van der Waals surface area contributed by atoms with Gasteiger partial charge in [0.15, 0.2) is 0 Å². The second kappa shape index (κ2) is 13.4. The molecule has 0 heterocycles. The Balaban J connectivity index is 2.53. The summed E-state index contributed by atoms with van der Waals surface area (Å²) in [6.45, 7) is 17.1. The average molecular weight is 524 g/mol. The molecule has 38 heavy (non-hydrogen) atoms. The van der Waals surface area contributed by atoms with Gasteiger partial charge in [-0.2, -0.15) is 0 Å². The monoisotopic (exact) mass is 523 g/mol. The van der Waals surface area contributed by atoms with Gasteiger partial charge in [0.05, 0.1) is 0 Å². The highest BCUT2D eigenvalue weighted by molar-refractivity contribution is 5.99. The molecule has 2 aromatic rings. The van der Waals surface area contributed by atoms with Gasteiger partial charge in [0.1, 0.15) is 17.7 Å². The summed E-state index contributed by atoms with van der Waals surface area (Å²) in [5, 5.41) is 5.81. The van der Waals surface area contributed by atoms with Gasteiger partial charge in [-0.1, -0.05) is 63.2 Å². The van der Waals surface area contributed by atoms with Crippen molar-refractivity contribution in [2.75, 3.05) is 5.32 Å². The van der Waals surface area contributed by atoms with Crippen molar-refractivity contribution in [3.05, 3.63) is 65.2 Å². The molecule has 0 aliphatic rings. The Kier molecular flexibility index (Phi) is 10.9. The Morgan fingerprint density at radius 3 is 2.05 bits per heavy atom. The van der Waals surface area contributed by atoms with Crippen LogP contribution in [0.2, 0.25) is 0 Å². The molecule has 0 saturated heterocycles. The Bertz CT molecular complexity index is 1090. The molecule has 2 rings (SSSR count). The molecule has 0 spiro atoms. The number of hydrogen-bond acceptors (Lipinski definition) is 4. The smallest absolute Gasteiger partial charge is 0.408 e. The molecule has 2 aromatic carbocycles. The van der Waals surface area contributed by atoms with Gasteiger partial charge >= 0.3 is 6.09 Å². The van der Waals surface area contributed by atoms with E-state index in [1.54, 1.807) is 25.7 Å². The molecule has 208 valence electrons. The van der Waals surface area contributed by atoms with Crippen LogP contribution in [-0.4, -0.2) is 40.5 Å². The molecule has 0 aromatic heterocycles. The summed E-state index contributed by atoms with van der Waals surface area (Å²) in [7, 11) is 0. The zero-order valence-corrected chi connectivity index (χ0v) is 24.4. The van der Waals surface area contributed by atoms with Crippen LogP contribution in [0.15, 0.2) is 48.5 Å². The van der Waals surface area contributed by atoms with E-state index in [0.717, 1.165) is 17.5 Å². The maximum atomic E-state index is 14.2. The highest BCUT2D eigenvalue weighted by Gasteiger charge is 2.38. The van der Waals surface area contributed by atoms with Crippen LogP contribution >= 0.6 is 0 Å². The summed E-state index contributed by atoms with van der Waals surface area (Å²) in [6.07, 6.45) is 0.611. The number of ether oxygens (including phenoxy) is 1. The van der Waals surface area contributed by atoms with E-state index in [1.807, 2.05) is 83.1 Å². The second-order valence-electron chi connectivity index (χ2n) is 11.5. The van der Waals surface area contributed by atoms with Crippen molar-refractivity contribution in [1.29, 1.82) is 0 Å². The second-order valence-corrected chi connectivity index (χ2v) is 11.5. The number of carbonyl (C=O) groups excluding carboxylic acids is 3. The highest BCUT2D eigenvalue weighted by atomic mass is 16.6. The van der Waals surface area contributed by atoms with Crippen LogP contribution in [0.25, 0.3) is 0 Å². The minimum Gasteiger partial charge on any atom is -0.444 e. The molecule has 0 fully saturated rings. The molecule has 7 heteroatoms. The van der Waals surface area contributed by atoms with E-state index in [-0.39, 0.29) is 23.8 Å². The molecule has 0 radical (unpaired) electrons. The zero-order chi connectivity index (χ0) is 28.6. The number of nitrogens with zero attached hydrogens (tertiary/aromatic N) is 1. The van der Waals surface area contributed by atoms with Gasteiger partial charge in [0.25, 0.3) is 5.91 Å². The third-order valence-corrected chi connectivity index (χ3v) is 6.14. The van der Waals surface area contributed by atoms with Gasteiger partial charge in [0.2, 0.25) is 5.91 Å². The summed E-state index contributed by atoms with van der Waals surface area (Å²) in [4.78, 5) is 42.3. The van der Waals surface area contributed by atoms with Gasteiger partial charge < -0.3 is 20.3 Å². The first-order valence-corrected chi connectivity index (χ1v) is 13.5. The van der Waals surface area contributed by atoms with Crippen molar-refractivity contribution < 1.29 is 19.1 Å². The van der Waals surface area contributed by atoms with E-state index in [1.165, 1.54) is 0 Å². The van der Waals surface area contributed by atoms with E-state index in [2.05, 4.69) is 17.6 Å². The predicted molar refractivity (Wildman–Crippen MR) is 153 cm³/mol. The first-order valence-electron chi connectivity index (χ1n) is 13.5. The zero-order valence-electron chi connectivity index (χ0n) is 24.4. The number of nitrogens with one attached hydrogen (secondary N) is 2. The number of hydrogen-bond donors (Lipinski definition) is 2. The Morgan fingerprint density at radius 1 is 0.947 bits per heavy atom. The number of carbonyl (C=O) groups is 3. The molecule has 0 aliphatic carbocycles. The van der Waals surface area contributed by atoms with Crippen molar-refractivity contribution in [3.63, 3.8) is 0 Å². The summed E-state index contributed by atoms with van der Waals surface area (Å²) in [5.41, 5.74) is 2.75. The van der Waals surface area contributed by atoms with E-state index in [4.69, 9.17) is 4.74 Å². The lowest BCUT2D eigenvalue weighted by Gasteiger charge is -2.37. The lowest BCUT2D eigenvalue weighted by Crippen LogP contribution is -2.54. The van der Waals surface area contributed by atoms with Crippen LogP contribution in [-0.2, 0) is 20.7 Å². The number of aryl methyl sites for hydroxylation is 2. The lowest BCUT2D eigenvalue weighted by molar-refractivity contribution is -0.143. The summed E-state index contributed by atoms with van der Waals surface area (Å²) < 4.78 is 5.45. The first kappa shape index (κ1) is 30.9. The van der Waals surface area contributed by atoms with Crippen molar-refractivity contribution in [2.45, 2.75) is 98.9 Å². The molecule has 7 nitrogen and oxygen atoms in total. The number of alkyl carbamates (subject to hydrolysis) is 1. The van der Waals surface area contributed by atoms with E-state index >= 15 is 0 Å². The molecule has 2 N–H and O–H groups in total. The molecule has 0 bridgehead atoms. The molecule has 0 aliphatic heterocycles. The van der Waals surface area contributed by atoms with Crippen LogP contribution in [0, 0.1) is 12.8 Å². The molecular weight excluding hydrogens is 478 g/mol. The average Bonchev–Trinajstić information content (AvgIpc) is 2.81. The van der Waals surface area contributed by atoms with Crippen LogP contribution in [0.4, 0.5) is 10.5 Å². The van der Waals surface area contributed by atoms with Gasteiger partial charge in [-0.15, -0.1) is 0 Å². The molecule has 3 amide bonds. The van der Waals surface area contributed by atoms with Crippen LogP contribution in [0.1, 0.15) is 84.5 Å². The fourth-order valence-electron chi connectivity index (χ4n) is 4.29. The van der Waals surface area contributed by atoms with Gasteiger partial charge in [-0.25, -0.2) is 4.79 Å². The largest absolute Gasteiger partial charge is 0.444 e. The Morgan fingerprint density at radius 2 is 1.55 bits per heavy atom. The topological polar surface area (TPSA) is 87.7 Å². The minimum absolute atomic E-state index is 0.121. The normalized spacial score (nSPS) is 13.1. The SMILES string of the molecule is CCc1ccc(C(C(=O)Nc2ccccc2C)N(C(=O)C(CC(C)C)NC(=O)OC(C)(C)C)C(C)C)cc1. The van der Waals surface area contributed by atoms with Crippen molar-refractivity contribution in [3.8, 4) is 0 Å². The Labute approximate surface area is 228 Å². The lowest BCUT2D eigenvalue weighted by atomic mass is 9.97. The predicted octanol–water partition coefficient (Wildman–Crippen LogP) is 6.41. The maximum absolute atomic E-state index is 14.2. The summed E-state index contributed by atoms with van der Waals surface area (Å²) in [5.74, 6) is -0.522. The Hall–Kier alpha value is -3.35. The van der Waals surface area contributed by atoms with Gasteiger partial charge in [-0.05, 0) is 83.1 Å². The number of anilines is 1. The van der Waals surface area contributed by atoms with E-state index < -0.39 is 23.8 Å². The molecule has 2 atom stereocenters. The highest BCUT2D eigenvalue weighted by Crippen LogP contribution is 2.28. The minimum atomic E-state index is -0.900. The van der Waals surface area contributed by atoms with Gasteiger partial charge in [0, 0.05) is 11.7 Å². The molecule has 2 unspecified atom stereocenters. The van der Waals surface area contributed by atoms with Crippen molar-refractivity contribution in [2.24, 2.45) is 5.92 Å². The van der Waals surface area contributed by atoms with E-state index in [9.17, 15) is 14.4 Å². The number of benzene rings is 2. The van der Waals surface area contributed by atoms with E-state index in [0.29, 0.717) is 17.7 Å².